The van der Waals surface area contributed by atoms with Crippen molar-refractivity contribution in [3.63, 3.8) is 0 Å². The number of hydrogen-bond acceptors (Lipinski definition) is 6. The molecule has 1 saturated heterocycles. The molecule has 0 spiro atoms. The summed E-state index contributed by atoms with van der Waals surface area (Å²) in [6.07, 6.45) is 3.59. The van der Waals surface area contributed by atoms with Crippen LogP contribution < -0.4 is 5.32 Å². The van der Waals surface area contributed by atoms with E-state index >= 15 is 0 Å². The molecule has 3 rings (SSSR count). The summed E-state index contributed by atoms with van der Waals surface area (Å²) in [5, 5.41) is 3.37. The van der Waals surface area contributed by atoms with Gasteiger partial charge in [-0.25, -0.2) is 4.98 Å². The molecule has 2 amide bonds. The number of aryl methyl sites for hydroxylation is 2. The Balaban J connectivity index is 1.74. The van der Waals surface area contributed by atoms with Crippen molar-refractivity contribution in [3.8, 4) is 0 Å². The fraction of sp³-hybridized carbons (Fsp3) is 0.524. The minimum atomic E-state index is -0.110. The average Bonchev–Trinajstić information content (AvgIpc) is 2.92. The Labute approximate surface area is 176 Å². The monoisotopic (exact) mass is 415 g/mol. The molecule has 0 bridgehead atoms. The summed E-state index contributed by atoms with van der Waals surface area (Å²) in [7, 11) is 0. The lowest BCUT2D eigenvalue weighted by Gasteiger charge is -2.31. The Bertz CT molecular complexity index is 861. The normalized spacial score (nSPS) is 17.8. The molecular formula is C21H29N5O2S. The van der Waals surface area contributed by atoms with Gasteiger partial charge >= 0.3 is 0 Å². The molecule has 1 N–H and O–H groups in total. The van der Waals surface area contributed by atoms with Gasteiger partial charge in [-0.2, -0.15) is 0 Å². The molecule has 1 aliphatic heterocycles. The first kappa shape index (κ1) is 21.4. The van der Waals surface area contributed by atoms with Gasteiger partial charge in [0.1, 0.15) is 0 Å². The third kappa shape index (κ3) is 6.08. The van der Waals surface area contributed by atoms with Crippen LogP contribution in [0, 0.1) is 13.8 Å². The van der Waals surface area contributed by atoms with Crippen molar-refractivity contribution in [2.45, 2.75) is 53.1 Å². The van der Waals surface area contributed by atoms with E-state index in [0.717, 1.165) is 55.3 Å². The second-order valence-corrected chi connectivity index (χ2v) is 8.85. The SMILES string of the molecule is CC(=O)Nc1ncc(CN2CCCN(C(C)=O)C(Cc3cc(C)nc(C)c3)C2)s1. The van der Waals surface area contributed by atoms with Gasteiger partial charge in [0.15, 0.2) is 5.13 Å². The molecule has 1 fully saturated rings. The highest BCUT2D eigenvalue weighted by Crippen LogP contribution is 2.22. The molecule has 7 nitrogen and oxygen atoms in total. The number of thiazole rings is 1. The van der Waals surface area contributed by atoms with Gasteiger partial charge in [-0.15, -0.1) is 11.3 Å². The Morgan fingerprint density at radius 1 is 1.21 bits per heavy atom. The van der Waals surface area contributed by atoms with Crippen LogP contribution in [0.5, 0.6) is 0 Å². The number of amides is 2. The van der Waals surface area contributed by atoms with Crippen LogP contribution in [0.1, 0.15) is 42.1 Å². The minimum Gasteiger partial charge on any atom is -0.338 e. The molecule has 3 heterocycles. The van der Waals surface area contributed by atoms with Gasteiger partial charge in [0.05, 0.1) is 0 Å². The first-order chi connectivity index (χ1) is 13.8. The standard InChI is InChI=1S/C21H29N5O2S/c1-14-8-18(9-15(2)23-14)10-19-12-25(6-5-7-26(19)17(4)28)13-20-11-22-21(29-20)24-16(3)27/h8-9,11,19H,5-7,10,12-13H2,1-4H3,(H,22,24,27). The molecule has 2 aromatic heterocycles. The lowest BCUT2D eigenvalue weighted by molar-refractivity contribution is -0.131. The van der Waals surface area contributed by atoms with Gasteiger partial charge < -0.3 is 10.2 Å². The van der Waals surface area contributed by atoms with Gasteiger partial charge in [0.25, 0.3) is 0 Å². The van der Waals surface area contributed by atoms with Crippen LogP contribution in [-0.2, 0) is 22.6 Å². The molecule has 156 valence electrons. The third-order valence-electron chi connectivity index (χ3n) is 5.02. The third-order valence-corrected chi connectivity index (χ3v) is 5.91. The van der Waals surface area contributed by atoms with E-state index in [4.69, 9.17) is 0 Å². The molecule has 0 aliphatic carbocycles. The van der Waals surface area contributed by atoms with Gasteiger partial charge in [-0.05, 0) is 44.4 Å². The quantitative estimate of drug-likeness (QED) is 0.812. The number of rotatable bonds is 5. The molecule has 0 saturated carbocycles. The van der Waals surface area contributed by atoms with Crippen molar-refractivity contribution in [3.05, 3.63) is 40.2 Å². The lowest BCUT2D eigenvalue weighted by Crippen LogP contribution is -2.44. The number of carbonyl (C=O) groups excluding carboxylic acids is 2. The molecule has 0 radical (unpaired) electrons. The van der Waals surface area contributed by atoms with Gasteiger partial charge in [0, 0.05) is 68.5 Å². The van der Waals surface area contributed by atoms with Crippen LogP contribution in [0.4, 0.5) is 5.13 Å². The van der Waals surface area contributed by atoms with Crippen LogP contribution in [-0.4, -0.2) is 57.3 Å². The zero-order valence-electron chi connectivity index (χ0n) is 17.6. The van der Waals surface area contributed by atoms with Crippen molar-refractivity contribution in [1.82, 2.24) is 19.8 Å². The lowest BCUT2D eigenvalue weighted by atomic mass is 10.0. The van der Waals surface area contributed by atoms with E-state index in [1.54, 1.807) is 6.92 Å². The Hall–Kier alpha value is -2.32. The van der Waals surface area contributed by atoms with E-state index in [-0.39, 0.29) is 17.9 Å². The zero-order chi connectivity index (χ0) is 21.0. The van der Waals surface area contributed by atoms with Gasteiger partial charge in [0.2, 0.25) is 11.8 Å². The number of anilines is 1. The number of carbonyl (C=O) groups is 2. The topological polar surface area (TPSA) is 78.4 Å². The largest absolute Gasteiger partial charge is 0.338 e. The summed E-state index contributed by atoms with van der Waals surface area (Å²) in [5.41, 5.74) is 3.24. The van der Waals surface area contributed by atoms with Gasteiger partial charge in [-0.3, -0.25) is 19.5 Å². The summed E-state index contributed by atoms with van der Waals surface area (Å²) >= 11 is 1.50. The van der Waals surface area contributed by atoms with Crippen LogP contribution >= 0.6 is 11.3 Å². The van der Waals surface area contributed by atoms with Gasteiger partial charge in [-0.1, -0.05) is 0 Å². The molecule has 2 aromatic rings. The van der Waals surface area contributed by atoms with Crippen molar-refractivity contribution in [1.29, 1.82) is 0 Å². The van der Waals surface area contributed by atoms with E-state index in [1.165, 1.54) is 23.8 Å². The first-order valence-electron chi connectivity index (χ1n) is 9.96. The smallest absolute Gasteiger partial charge is 0.223 e. The van der Waals surface area contributed by atoms with E-state index in [2.05, 4.69) is 32.3 Å². The first-order valence-corrected chi connectivity index (χ1v) is 10.8. The summed E-state index contributed by atoms with van der Waals surface area (Å²) in [5.74, 6) is 0.0193. The highest BCUT2D eigenvalue weighted by molar-refractivity contribution is 7.15. The molecule has 8 heteroatoms. The molecular weight excluding hydrogens is 386 g/mol. The summed E-state index contributed by atoms with van der Waals surface area (Å²) in [6.45, 7) is 10.5. The zero-order valence-corrected chi connectivity index (χ0v) is 18.4. The maximum atomic E-state index is 12.3. The minimum absolute atomic E-state index is 0.110. The van der Waals surface area contributed by atoms with Crippen molar-refractivity contribution < 1.29 is 9.59 Å². The van der Waals surface area contributed by atoms with E-state index in [0.29, 0.717) is 5.13 Å². The maximum absolute atomic E-state index is 12.3. The number of pyridine rings is 1. The fourth-order valence-corrected chi connectivity index (χ4v) is 4.89. The molecule has 0 aromatic carbocycles. The van der Waals surface area contributed by atoms with Crippen LogP contribution in [0.2, 0.25) is 0 Å². The second kappa shape index (κ2) is 9.45. The maximum Gasteiger partial charge on any atom is 0.223 e. The van der Waals surface area contributed by atoms with E-state index in [9.17, 15) is 9.59 Å². The highest BCUT2D eigenvalue weighted by Gasteiger charge is 2.27. The van der Waals surface area contributed by atoms with Crippen LogP contribution in [0.15, 0.2) is 18.3 Å². The molecule has 1 aliphatic rings. The number of hydrogen-bond donors (Lipinski definition) is 1. The van der Waals surface area contributed by atoms with E-state index < -0.39 is 0 Å². The summed E-state index contributed by atoms with van der Waals surface area (Å²) in [6, 6.07) is 4.35. The predicted molar refractivity (Wildman–Crippen MR) is 115 cm³/mol. The van der Waals surface area contributed by atoms with Crippen molar-refractivity contribution >= 4 is 28.3 Å². The number of aromatic nitrogens is 2. The Kier molecular flexibility index (Phi) is 6.97. The second-order valence-electron chi connectivity index (χ2n) is 7.73. The van der Waals surface area contributed by atoms with Crippen LogP contribution in [0.25, 0.3) is 0 Å². The molecule has 1 unspecified atom stereocenters. The number of nitrogens with one attached hydrogen (secondary N) is 1. The van der Waals surface area contributed by atoms with Crippen molar-refractivity contribution in [2.24, 2.45) is 0 Å². The average molecular weight is 416 g/mol. The van der Waals surface area contributed by atoms with Crippen molar-refractivity contribution in [2.75, 3.05) is 25.0 Å². The molecule has 1 atom stereocenters. The van der Waals surface area contributed by atoms with Crippen LogP contribution in [0.3, 0.4) is 0 Å². The Morgan fingerprint density at radius 3 is 2.59 bits per heavy atom. The summed E-state index contributed by atoms with van der Waals surface area (Å²) < 4.78 is 0. The Morgan fingerprint density at radius 2 is 1.93 bits per heavy atom. The molecule has 29 heavy (non-hydrogen) atoms. The fourth-order valence-electron chi connectivity index (χ4n) is 3.99. The predicted octanol–water partition coefficient (Wildman–Crippen LogP) is 2.78. The summed E-state index contributed by atoms with van der Waals surface area (Å²) in [4.78, 5) is 37.8. The number of nitrogens with zero attached hydrogens (tertiary/aromatic N) is 4. The van der Waals surface area contributed by atoms with E-state index in [1.807, 2.05) is 24.9 Å². The highest BCUT2D eigenvalue weighted by atomic mass is 32.1.